The Balaban J connectivity index is 1.73. The fourth-order valence-electron chi connectivity index (χ4n) is 4.00. The molecule has 0 bridgehead atoms. The SMILES string of the molecule is Cc1cc(Cl)ccc1N1CCN(S(=O)(=O)c2ccc(F)cc2F)CC1c1ccc(Cl)cc1. The molecule has 0 radical (unpaired) electrons. The lowest BCUT2D eigenvalue weighted by atomic mass is 10.0. The monoisotopic (exact) mass is 496 g/mol. The topological polar surface area (TPSA) is 40.6 Å². The highest BCUT2D eigenvalue weighted by Gasteiger charge is 2.36. The zero-order valence-corrected chi connectivity index (χ0v) is 19.4. The van der Waals surface area contributed by atoms with Gasteiger partial charge in [-0.2, -0.15) is 4.31 Å². The molecule has 0 aromatic heterocycles. The zero-order chi connectivity index (χ0) is 23.0. The van der Waals surface area contributed by atoms with Gasteiger partial charge in [-0.15, -0.1) is 0 Å². The van der Waals surface area contributed by atoms with Crippen LogP contribution in [-0.2, 0) is 10.0 Å². The quantitative estimate of drug-likeness (QED) is 0.456. The fraction of sp³-hybridized carbons (Fsp3) is 0.217. The number of benzene rings is 3. The normalized spacial score (nSPS) is 17.5. The van der Waals surface area contributed by atoms with Gasteiger partial charge in [-0.1, -0.05) is 35.3 Å². The van der Waals surface area contributed by atoms with E-state index in [-0.39, 0.29) is 19.1 Å². The summed E-state index contributed by atoms with van der Waals surface area (Å²) in [5.41, 5.74) is 2.75. The summed E-state index contributed by atoms with van der Waals surface area (Å²) in [7, 11) is -4.16. The summed E-state index contributed by atoms with van der Waals surface area (Å²) in [4.78, 5) is 1.58. The molecule has 0 N–H and O–H groups in total. The van der Waals surface area contributed by atoms with Gasteiger partial charge >= 0.3 is 0 Å². The number of piperazine rings is 1. The first-order valence-electron chi connectivity index (χ1n) is 9.90. The second kappa shape index (κ2) is 8.98. The van der Waals surface area contributed by atoms with Gasteiger partial charge in [-0.25, -0.2) is 17.2 Å². The van der Waals surface area contributed by atoms with Gasteiger partial charge in [0.25, 0.3) is 0 Å². The van der Waals surface area contributed by atoms with Crippen molar-refractivity contribution in [3.8, 4) is 0 Å². The fourth-order valence-corrected chi connectivity index (χ4v) is 5.84. The first-order valence-corrected chi connectivity index (χ1v) is 12.1. The number of anilines is 1. The van der Waals surface area contributed by atoms with Crippen molar-refractivity contribution in [2.75, 3.05) is 24.5 Å². The molecule has 1 saturated heterocycles. The van der Waals surface area contributed by atoms with Crippen molar-refractivity contribution in [1.29, 1.82) is 0 Å². The van der Waals surface area contributed by atoms with Gasteiger partial charge in [0.05, 0.1) is 6.04 Å². The Morgan fingerprint density at radius 1 is 0.906 bits per heavy atom. The number of halogens is 4. The summed E-state index contributed by atoms with van der Waals surface area (Å²) in [6.45, 7) is 2.54. The molecule has 9 heteroatoms. The average Bonchev–Trinajstić information content (AvgIpc) is 2.74. The molecule has 0 spiro atoms. The van der Waals surface area contributed by atoms with Crippen LogP contribution in [0.15, 0.2) is 65.6 Å². The predicted molar refractivity (Wildman–Crippen MR) is 123 cm³/mol. The third kappa shape index (κ3) is 4.48. The highest BCUT2D eigenvalue weighted by atomic mass is 35.5. The number of rotatable bonds is 4. The molecule has 4 rings (SSSR count). The molecule has 4 nitrogen and oxygen atoms in total. The molecule has 0 amide bonds. The maximum atomic E-state index is 14.3. The Hall–Kier alpha value is -2.19. The molecule has 1 atom stereocenters. The molecule has 3 aromatic rings. The summed E-state index contributed by atoms with van der Waals surface area (Å²) in [5.74, 6) is -1.94. The minimum absolute atomic E-state index is 0.0862. The maximum Gasteiger partial charge on any atom is 0.246 e. The number of sulfonamides is 1. The van der Waals surface area contributed by atoms with E-state index in [1.807, 2.05) is 31.2 Å². The molecule has 168 valence electrons. The summed E-state index contributed by atoms with van der Waals surface area (Å²) >= 11 is 12.2. The van der Waals surface area contributed by atoms with Gasteiger partial charge in [-0.3, -0.25) is 0 Å². The van der Waals surface area contributed by atoms with Crippen LogP contribution in [0.2, 0.25) is 10.0 Å². The number of nitrogens with zero attached hydrogens (tertiary/aromatic N) is 2. The van der Waals surface area contributed by atoms with Gasteiger partial charge in [0.1, 0.15) is 16.5 Å². The average molecular weight is 497 g/mol. The van der Waals surface area contributed by atoms with Crippen LogP contribution in [-0.4, -0.2) is 32.4 Å². The smallest absolute Gasteiger partial charge is 0.246 e. The Labute approximate surface area is 196 Å². The Morgan fingerprint density at radius 2 is 1.59 bits per heavy atom. The van der Waals surface area contributed by atoms with Crippen LogP contribution in [0.3, 0.4) is 0 Å². The standard InChI is InChI=1S/C23H20Cl2F2N2O2S/c1-15-12-18(25)6-8-21(15)29-11-10-28(14-22(29)16-2-4-17(24)5-3-16)32(30,31)23-9-7-19(26)13-20(23)27/h2-9,12-13,22H,10-11,14H2,1H3. The minimum Gasteiger partial charge on any atom is -0.362 e. The van der Waals surface area contributed by atoms with Crippen LogP contribution in [0.5, 0.6) is 0 Å². The summed E-state index contributed by atoms with van der Waals surface area (Å²) in [6, 6.07) is 14.9. The summed E-state index contributed by atoms with van der Waals surface area (Å²) < 4.78 is 55.3. The zero-order valence-electron chi connectivity index (χ0n) is 17.1. The van der Waals surface area contributed by atoms with Crippen LogP contribution >= 0.6 is 23.2 Å². The van der Waals surface area contributed by atoms with E-state index in [1.165, 1.54) is 4.31 Å². The van der Waals surface area contributed by atoms with E-state index in [2.05, 4.69) is 4.90 Å². The summed E-state index contributed by atoms with van der Waals surface area (Å²) in [6.07, 6.45) is 0. The highest BCUT2D eigenvalue weighted by Crippen LogP contribution is 2.36. The minimum atomic E-state index is -4.16. The number of hydrogen-bond donors (Lipinski definition) is 0. The van der Waals surface area contributed by atoms with Crippen LogP contribution in [0.25, 0.3) is 0 Å². The van der Waals surface area contributed by atoms with E-state index >= 15 is 0 Å². The van der Waals surface area contributed by atoms with Gasteiger partial charge in [0.15, 0.2) is 0 Å². The molecule has 1 heterocycles. The summed E-state index contributed by atoms with van der Waals surface area (Å²) in [5, 5.41) is 1.18. The van der Waals surface area contributed by atoms with E-state index in [9.17, 15) is 17.2 Å². The second-order valence-electron chi connectivity index (χ2n) is 7.63. The molecule has 1 unspecified atom stereocenters. The van der Waals surface area contributed by atoms with Crippen molar-refractivity contribution < 1.29 is 17.2 Å². The molecule has 1 aliphatic heterocycles. The van der Waals surface area contributed by atoms with Crippen molar-refractivity contribution in [2.24, 2.45) is 0 Å². The molecule has 3 aromatic carbocycles. The van der Waals surface area contributed by atoms with Gasteiger partial charge < -0.3 is 4.90 Å². The van der Waals surface area contributed by atoms with Crippen LogP contribution in [0, 0.1) is 18.6 Å². The molecule has 1 aliphatic rings. The number of hydrogen-bond acceptors (Lipinski definition) is 3. The van der Waals surface area contributed by atoms with E-state index in [1.54, 1.807) is 18.2 Å². The highest BCUT2D eigenvalue weighted by molar-refractivity contribution is 7.89. The molecular formula is C23H20Cl2F2N2O2S. The van der Waals surface area contributed by atoms with Crippen LogP contribution < -0.4 is 4.90 Å². The molecular weight excluding hydrogens is 477 g/mol. The first-order chi connectivity index (χ1) is 15.2. The second-order valence-corrected chi connectivity index (χ2v) is 10.4. The molecule has 0 aliphatic carbocycles. The third-order valence-corrected chi connectivity index (χ3v) is 7.96. The van der Waals surface area contributed by atoms with Crippen LogP contribution in [0.4, 0.5) is 14.5 Å². The molecule has 32 heavy (non-hydrogen) atoms. The van der Waals surface area contributed by atoms with Gasteiger partial charge in [0, 0.05) is 41.4 Å². The molecule has 0 saturated carbocycles. The van der Waals surface area contributed by atoms with Crippen molar-refractivity contribution in [1.82, 2.24) is 4.31 Å². The van der Waals surface area contributed by atoms with Crippen molar-refractivity contribution in [2.45, 2.75) is 17.9 Å². The lowest BCUT2D eigenvalue weighted by Crippen LogP contribution is -2.50. The predicted octanol–water partition coefficient (Wildman–Crippen LogP) is 5.83. The lowest BCUT2D eigenvalue weighted by Gasteiger charge is -2.43. The van der Waals surface area contributed by atoms with E-state index in [4.69, 9.17) is 23.2 Å². The van der Waals surface area contributed by atoms with Gasteiger partial charge in [0.2, 0.25) is 10.0 Å². The largest absolute Gasteiger partial charge is 0.362 e. The Bertz CT molecular complexity index is 1250. The molecule has 1 fully saturated rings. The third-order valence-electron chi connectivity index (χ3n) is 5.58. The number of aryl methyl sites for hydroxylation is 1. The van der Waals surface area contributed by atoms with Crippen molar-refractivity contribution >= 4 is 38.9 Å². The van der Waals surface area contributed by atoms with E-state index < -0.39 is 26.6 Å². The Kier molecular flexibility index (Phi) is 6.45. The van der Waals surface area contributed by atoms with Crippen molar-refractivity contribution in [3.05, 3.63) is 93.5 Å². The Morgan fingerprint density at radius 3 is 2.25 bits per heavy atom. The first kappa shape index (κ1) is 23.0. The van der Waals surface area contributed by atoms with Crippen LogP contribution in [0.1, 0.15) is 17.2 Å². The van der Waals surface area contributed by atoms with E-state index in [0.29, 0.717) is 22.7 Å². The van der Waals surface area contributed by atoms with Gasteiger partial charge in [-0.05, 0) is 60.5 Å². The maximum absolute atomic E-state index is 14.3. The van der Waals surface area contributed by atoms with E-state index in [0.717, 1.165) is 28.9 Å². The lowest BCUT2D eigenvalue weighted by molar-refractivity contribution is 0.334. The van der Waals surface area contributed by atoms with Crippen molar-refractivity contribution in [3.63, 3.8) is 0 Å².